The molecule has 1 aliphatic rings. The van der Waals surface area contributed by atoms with Gasteiger partial charge in [-0.2, -0.15) is 0 Å². The summed E-state index contributed by atoms with van der Waals surface area (Å²) in [4.78, 5) is 15.8. The highest BCUT2D eigenvalue weighted by atomic mass is 15.1. The van der Waals surface area contributed by atoms with Crippen LogP contribution in [-0.2, 0) is 19.5 Å². The van der Waals surface area contributed by atoms with E-state index in [2.05, 4.69) is 46.1 Å². The summed E-state index contributed by atoms with van der Waals surface area (Å²) in [6.07, 6.45) is 6.56. The molecule has 3 aromatic rings. The quantitative estimate of drug-likeness (QED) is 0.742. The first-order chi connectivity index (χ1) is 11.8. The molecule has 4 heteroatoms. The number of pyridine rings is 1. The molecule has 0 amide bonds. The number of fused-ring (bicyclic) bond motifs is 1. The van der Waals surface area contributed by atoms with Gasteiger partial charge in [0.25, 0.3) is 0 Å². The summed E-state index contributed by atoms with van der Waals surface area (Å²) >= 11 is 0. The van der Waals surface area contributed by atoms with Crippen LogP contribution in [0.1, 0.15) is 22.4 Å². The Hall–Kier alpha value is -2.59. The lowest BCUT2D eigenvalue weighted by Crippen LogP contribution is -2.31. The molecule has 0 saturated carbocycles. The number of nitrogens with zero attached hydrogens (tertiary/aromatic N) is 4. The predicted octanol–water partition coefficient (Wildman–Crippen LogP) is 3.41. The van der Waals surface area contributed by atoms with Gasteiger partial charge in [-0.05, 0) is 36.6 Å². The van der Waals surface area contributed by atoms with Crippen molar-refractivity contribution in [3.8, 4) is 11.4 Å². The highest BCUT2D eigenvalue weighted by Gasteiger charge is 2.19. The number of hydrogen-bond donors (Lipinski definition) is 0. The van der Waals surface area contributed by atoms with Gasteiger partial charge in [0.05, 0.1) is 5.69 Å². The Kier molecular flexibility index (Phi) is 4.05. The molecule has 1 aliphatic heterocycles. The van der Waals surface area contributed by atoms with Crippen LogP contribution in [0.4, 0.5) is 0 Å². The minimum Gasteiger partial charge on any atom is -0.293 e. The fourth-order valence-electron chi connectivity index (χ4n) is 3.08. The second-order valence-electron chi connectivity index (χ2n) is 6.35. The minimum atomic E-state index is 0.785. The summed E-state index contributed by atoms with van der Waals surface area (Å²) in [5.41, 5.74) is 6.09. The molecular formula is C20H20N4. The van der Waals surface area contributed by atoms with Crippen LogP contribution in [0.3, 0.4) is 0 Å². The van der Waals surface area contributed by atoms with Crippen LogP contribution in [-0.4, -0.2) is 26.4 Å². The lowest BCUT2D eigenvalue weighted by molar-refractivity contribution is 0.241. The molecule has 4 nitrogen and oxygen atoms in total. The smallest absolute Gasteiger partial charge is 0.159 e. The van der Waals surface area contributed by atoms with Gasteiger partial charge in [-0.25, -0.2) is 9.97 Å². The van der Waals surface area contributed by atoms with E-state index in [1.807, 2.05) is 18.3 Å². The van der Waals surface area contributed by atoms with Crippen molar-refractivity contribution in [1.82, 2.24) is 19.9 Å². The van der Waals surface area contributed by atoms with E-state index in [1.165, 1.54) is 16.7 Å². The molecule has 0 N–H and O–H groups in total. The van der Waals surface area contributed by atoms with Crippen molar-refractivity contribution >= 4 is 0 Å². The third kappa shape index (κ3) is 3.19. The number of hydrogen-bond acceptors (Lipinski definition) is 4. The maximum absolute atomic E-state index is 4.81. The van der Waals surface area contributed by atoms with Gasteiger partial charge in [0.15, 0.2) is 5.82 Å². The van der Waals surface area contributed by atoms with Crippen LogP contribution < -0.4 is 0 Å². The monoisotopic (exact) mass is 316 g/mol. The molecule has 2 aromatic heterocycles. The number of aromatic nitrogens is 3. The molecule has 0 atom stereocenters. The maximum atomic E-state index is 4.81. The molecule has 1 aromatic carbocycles. The molecule has 0 bridgehead atoms. The number of rotatable bonds is 3. The average molecular weight is 316 g/mol. The van der Waals surface area contributed by atoms with Crippen LogP contribution in [0.5, 0.6) is 0 Å². The van der Waals surface area contributed by atoms with Gasteiger partial charge in [-0.1, -0.05) is 29.8 Å². The van der Waals surface area contributed by atoms with Crippen molar-refractivity contribution in [3.05, 3.63) is 77.4 Å². The Labute approximate surface area is 142 Å². The van der Waals surface area contributed by atoms with Gasteiger partial charge >= 0.3 is 0 Å². The van der Waals surface area contributed by atoms with E-state index >= 15 is 0 Å². The first-order valence-electron chi connectivity index (χ1n) is 8.31. The van der Waals surface area contributed by atoms with Crippen molar-refractivity contribution in [1.29, 1.82) is 0 Å². The van der Waals surface area contributed by atoms with Gasteiger partial charge in [-0.3, -0.25) is 9.88 Å². The van der Waals surface area contributed by atoms with Crippen molar-refractivity contribution in [2.75, 3.05) is 6.54 Å². The molecule has 0 aliphatic carbocycles. The molecular weight excluding hydrogens is 296 g/mol. The van der Waals surface area contributed by atoms with E-state index in [1.54, 1.807) is 12.4 Å². The normalized spacial score (nSPS) is 14.4. The van der Waals surface area contributed by atoms with Crippen LogP contribution >= 0.6 is 0 Å². The highest BCUT2D eigenvalue weighted by molar-refractivity contribution is 5.54. The van der Waals surface area contributed by atoms with Crippen LogP contribution in [0, 0.1) is 6.92 Å². The fraction of sp³-hybridized carbons (Fsp3) is 0.250. The van der Waals surface area contributed by atoms with E-state index in [0.29, 0.717) is 0 Å². The topological polar surface area (TPSA) is 41.9 Å². The van der Waals surface area contributed by atoms with Gasteiger partial charge in [0, 0.05) is 43.8 Å². The summed E-state index contributed by atoms with van der Waals surface area (Å²) in [6, 6.07) is 12.7. The maximum Gasteiger partial charge on any atom is 0.159 e. The Morgan fingerprint density at radius 2 is 1.83 bits per heavy atom. The lowest BCUT2D eigenvalue weighted by atomic mass is 10.1. The second kappa shape index (κ2) is 6.49. The van der Waals surface area contributed by atoms with E-state index < -0.39 is 0 Å². The van der Waals surface area contributed by atoms with Crippen LogP contribution in [0.25, 0.3) is 11.4 Å². The summed E-state index contributed by atoms with van der Waals surface area (Å²) in [5, 5.41) is 0. The average Bonchev–Trinajstić information content (AvgIpc) is 2.64. The van der Waals surface area contributed by atoms with E-state index in [-0.39, 0.29) is 0 Å². The first-order valence-corrected chi connectivity index (χ1v) is 8.31. The van der Waals surface area contributed by atoms with Crippen molar-refractivity contribution in [2.45, 2.75) is 26.4 Å². The molecule has 24 heavy (non-hydrogen) atoms. The summed E-state index contributed by atoms with van der Waals surface area (Å²) in [7, 11) is 0. The van der Waals surface area contributed by atoms with E-state index in [4.69, 9.17) is 4.98 Å². The van der Waals surface area contributed by atoms with Gasteiger partial charge < -0.3 is 0 Å². The van der Waals surface area contributed by atoms with Gasteiger partial charge in [0.1, 0.15) is 0 Å². The summed E-state index contributed by atoms with van der Waals surface area (Å²) < 4.78 is 0. The van der Waals surface area contributed by atoms with Gasteiger partial charge in [0.2, 0.25) is 0 Å². The Balaban J connectivity index is 1.54. The van der Waals surface area contributed by atoms with Crippen LogP contribution in [0.2, 0.25) is 0 Å². The SMILES string of the molecule is Cc1ccc(CN2CCc3cnc(-c4ccncc4)nc3C2)cc1. The Morgan fingerprint density at radius 1 is 1.04 bits per heavy atom. The Bertz CT molecular complexity index is 828. The molecule has 3 heterocycles. The van der Waals surface area contributed by atoms with E-state index in [9.17, 15) is 0 Å². The second-order valence-corrected chi connectivity index (χ2v) is 6.35. The summed E-state index contributed by atoms with van der Waals surface area (Å²) in [5.74, 6) is 0.785. The summed E-state index contributed by atoms with van der Waals surface area (Å²) in [6.45, 7) is 5.02. The van der Waals surface area contributed by atoms with Crippen LogP contribution in [0.15, 0.2) is 55.0 Å². The minimum absolute atomic E-state index is 0.785. The zero-order chi connectivity index (χ0) is 16.4. The van der Waals surface area contributed by atoms with Crippen molar-refractivity contribution in [3.63, 3.8) is 0 Å². The first kappa shape index (κ1) is 15.0. The molecule has 120 valence electrons. The number of aryl methyl sites for hydroxylation is 1. The molecule has 0 fully saturated rings. The largest absolute Gasteiger partial charge is 0.293 e. The standard InChI is InChI=1S/C20H20N4/c1-15-2-4-16(5-3-15)13-24-11-8-18-12-22-20(23-19(18)14-24)17-6-9-21-10-7-17/h2-7,9-10,12H,8,11,13-14H2,1H3. The molecule has 0 spiro atoms. The molecule has 0 radical (unpaired) electrons. The molecule has 0 unspecified atom stereocenters. The number of benzene rings is 1. The Morgan fingerprint density at radius 3 is 2.62 bits per heavy atom. The zero-order valence-electron chi connectivity index (χ0n) is 13.8. The lowest BCUT2D eigenvalue weighted by Gasteiger charge is -2.28. The van der Waals surface area contributed by atoms with Crippen molar-refractivity contribution in [2.24, 2.45) is 0 Å². The zero-order valence-corrected chi connectivity index (χ0v) is 13.8. The van der Waals surface area contributed by atoms with Gasteiger partial charge in [-0.15, -0.1) is 0 Å². The van der Waals surface area contributed by atoms with Crippen molar-refractivity contribution < 1.29 is 0 Å². The highest BCUT2D eigenvalue weighted by Crippen LogP contribution is 2.21. The third-order valence-electron chi connectivity index (χ3n) is 4.49. The predicted molar refractivity (Wildman–Crippen MR) is 94.3 cm³/mol. The fourth-order valence-corrected chi connectivity index (χ4v) is 3.08. The molecule has 0 saturated heterocycles. The molecule has 4 rings (SSSR count). The van der Waals surface area contributed by atoms with E-state index in [0.717, 1.165) is 43.1 Å². The third-order valence-corrected chi connectivity index (χ3v) is 4.49.